The standard InChI is InChI=1S/C20H15NO6/c22-19-11-17(8-9-18(19)20(23)24)27-12-13-4-6-14(7-5-13)15-2-1-3-16(10-15)21(25)26/h1-11,22H,12H2,(H,23,24). The SMILES string of the molecule is O=C(O)c1ccc(OCc2ccc(-c3cccc([N+](=O)[O-])c3)cc2)cc1O. The van der Waals surface area contributed by atoms with Gasteiger partial charge >= 0.3 is 5.97 Å². The average molecular weight is 365 g/mol. The van der Waals surface area contributed by atoms with Crippen LogP contribution in [0.4, 0.5) is 5.69 Å². The molecule has 7 nitrogen and oxygen atoms in total. The van der Waals surface area contributed by atoms with Crippen molar-refractivity contribution in [3.8, 4) is 22.6 Å². The maximum Gasteiger partial charge on any atom is 0.339 e. The molecule has 0 saturated heterocycles. The Morgan fingerprint density at radius 3 is 2.37 bits per heavy atom. The lowest BCUT2D eigenvalue weighted by atomic mass is 10.0. The second-order valence-electron chi connectivity index (χ2n) is 5.78. The molecule has 0 heterocycles. The van der Waals surface area contributed by atoms with E-state index in [0.29, 0.717) is 5.75 Å². The Labute approximate surface area is 154 Å². The van der Waals surface area contributed by atoms with E-state index in [-0.39, 0.29) is 23.6 Å². The van der Waals surface area contributed by atoms with E-state index in [4.69, 9.17) is 9.84 Å². The van der Waals surface area contributed by atoms with Gasteiger partial charge in [-0.2, -0.15) is 0 Å². The van der Waals surface area contributed by atoms with Gasteiger partial charge in [-0.1, -0.05) is 36.4 Å². The van der Waals surface area contributed by atoms with Crippen LogP contribution in [0.25, 0.3) is 11.1 Å². The minimum atomic E-state index is -1.21. The van der Waals surface area contributed by atoms with Crippen LogP contribution in [0, 0.1) is 10.1 Å². The number of phenols is 1. The van der Waals surface area contributed by atoms with E-state index in [2.05, 4.69) is 0 Å². The number of carboxylic acid groups (broad SMARTS) is 1. The third-order valence-corrected chi connectivity index (χ3v) is 3.95. The summed E-state index contributed by atoms with van der Waals surface area (Å²) < 4.78 is 5.56. The van der Waals surface area contributed by atoms with Crippen molar-refractivity contribution in [1.29, 1.82) is 0 Å². The van der Waals surface area contributed by atoms with Crippen LogP contribution in [0.3, 0.4) is 0 Å². The highest BCUT2D eigenvalue weighted by molar-refractivity contribution is 5.90. The fourth-order valence-corrected chi connectivity index (χ4v) is 2.54. The maximum atomic E-state index is 10.9. The summed E-state index contributed by atoms with van der Waals surface area (Å²) in [6, 6.07) is 17.7. The van der Waals surface area contributed by atoms with Gasteiger partial charge in [0.25, 0.3) is 5.69 Å². The van der Waals surface area contributed by atoms with Gasteiger partial charge in [0.2, 0.25) is 0 Å². The van der Waals surface area contributed by atoms with Crippen LogP contribution in [0.5, 0.6) is 11.5 Å². The van der Waals surface area contributed by atoms with Crippen molar-refractivity contribution in [2.45, 2.75) is 6.61 Å². The number of nitro groups is 1. The molecule has 2 N–H and O–H groups in total. The molecule has 0 radical (unpaired) electrons. The number of aromatic carboxylic acids is 1. The van der Waals surface area contributed by atoms with Gasteiger partial charge in [0.05, 0.1) is 4.92 Å². The van der Waals surface area contributed by atoms with Crippen molar-refractivity contribution in [3.63, 3.8) is 0 Å². The van der Waals surface area contributed by atoms with Crippen LogP contribution < -0.4 is 4.74 Å². The minimum Gasteiger partial charge on any atom is -0.507 e. The second-order valence-corrected chi connectivity index (χ2v) is 5.78. The smallest absolute Gasteiger partial charge is 0.339 e. The third-order valence-electron chi connectivity index (χ3n) is 3.95. The predicted octanol–water partition coefficient (Wildman–Crippen LogP) is 4.24. The summed E-state index contributed by atoms with van der Waals surface area (Å²) in [5.74, 6) is -1.22. The number of carboxylic acids is 1. The Hall–Kier alpha value is -3.87. The topological polar surface area (TPSA) is 110 Å². The number of benzene rings is 3. The summed E-state index contributed by atoms with van der Waals surface area (Å²) in [5, 5.41) is 29.4. The van der Waals surface area contributed by atoms with Crippen molar-refractivity contribution < 1.29 is 24.7 Å². The fourth-order valence-electron chi connectivity index (χ4n) is 2.54. The molecule has 27 heavy (non-hydrogen) atoms. The van der Waals surface area contributed by atoms with Gasteiger partial charge < -0.3 is 14.9 Å². The Morgan fingerprint density at radius 2 is 1.74 bits per heavy atom. The monoisotopic (exact) mass is 365 g/mol. The van der Waals surface area contributed by atoms with E-state index in [1.807, 2.05) is 24.3 Å². The highest BCUT2D eigenvalue weighted by atomic mass is 16.6. The number of aromatic hydroxyl groups is 1. The number of ether oxygens (including phenoxy) is 1. The van der Waals surface area contributed by atoms with Gasteiger partial charge in [0.15, 0.2) is 0 Å². The van der Waals surface area contributed by atoms with Gasteiger partial charge in [-0.15, -0.1) is 0 Å². The second kappa shape index (κ2) is 7.57. The zero-order valence-corrected chi connectivity index (χ0v) is 14.0. The number of nitrogens with zero attached hydrogens (tertiary/aromatic N) is 1. The lowest BCUT2D eigenvalue weighted by molar-refractivity contribution is -0.384. The molecule has 3 aromatic rings. The van der Waals surface area contributed by atoms with Crippen molar-refractivity contribution in [1.82, 2.24) is 0 Å². The number of rotatable bonds is 6. The molecular formula is C20H15NO6. The van der Waals surface area contributed by atoms with Crippen molar-refractivity contribution in [3.05, 3.63) is 88.0 Å². The summed E-state index contributed by atoms with van der Waals surface area (Å²) in [6.45, 7) is 0.223. The molecule has 0 unspecified atom stereocenters. The van der Waals surface area contributed by atoms with Crippen molar-refractivity contribution in [2.75, 3.05) is 0 Å². The zero-order chi connectivity index (χ0) is 19.4. The lowest BCUT2D eigenvalue weighted by Gasteiger charge is -2.09. The lowest BCUT2D eigenvalue weighted by Crippen LogP contribution is -1.99. The number of non-ortho nitro benzene ring substituents is 1. The van der Waals surface area contributed by atoms with Gasteiger partial charge in [-0.3, -0.25) is 10.1 Å². The molecule has 136 valence electrons. The Bertz CT molecular complexity index is 998. The molecule has 0 fully saturated rings. The Morgan fingerprint density at radius 1 is 1.00 bits per heavy atom. The van der Waals surface area contributed by atoms with E-state index in [1.54, 1.807) is 12.1 Å². The van der Waals surface area contributed by atoms with E-state index in [9.17, 15) is 20.0 Å². The molecule has 0 spiro atoms. The molecule has 0 aliphatic heterocycles. The van der Waals surface area contributed by atoms with Gasteiger partial charge in [0, 0.05) is 18.2 Å². The van der Waals surface area contributed by atoms with Crippen molar-refractivity contribution in [2.24, 2.45) is 0 Å². The van der Waals surface area contributed by atoms with Crippen LogP contribution in [-0.4, -0.2) is 21.1 Å². The molecule has 0 bridgehead atoms. The Kier molecular flexibility index (Phi) is 5.03. The maximum absolute atomic E-state index is 10.9. The summed E-state index contributed by atoms with van der Waals surface area (Å²) in [5.41, 5.74) is 2.27. The molecule has 0 amide bonds. The van der Waals surface area contributed by atoms with Crippen LogP contribution >= 0.6 is 0 Å². The fraction of sp³-hybridized carbons (Fsp3) is 0.0500. The highest BCUT2D eigenvalue weighted by Gasteiger charge is 2.10. The summed E-state index contributed by atoms with van der Waals surface area (Å²) >= 11 is 0. The van der Waals surface area contributed by atoms with Crippen LogP contribution in [0.1, 0.15) is 15.9 Å². The molecule has 0 aliphatic carbocycles. The summed E-state index contributed by atoms with van der Waals surface area (Å²) in [4.78, 5) is 21.3. The largest absolute Gasteiger partial charge is 0.507 e. The zero-order valence-electron chi connectivity index (χ0n) is 14.0. The average Bonchev–Trinajstić information content (AvgIpc) is 2.66. The molecule has 0 atom stereocenters. The number of carbonyl (C=O) groups is 1. The predicted molar refractivity (Wildman–Crippen MR) is 97.9 cm³/mol. The van der Waals surface area contributed by atoms with Crippen LogP contribution in [0.2, 0.25) is 0 Å². The quantitative estimate of drug-likeness (QED) is 0.499. The molecule has 0 aliphatic rings. The summed E-state index contributed by atoms with van der Waals surface area (Å²) in [6.07, 6.45) is 0. The Balaban J connectivity index is 1.69. The first-order chi connectivity index (χ1) is 12.9. The molecule has 0 aromatic heterocycles. The first-order valence-electron chi connectivity index (χ1n) is 7.97. The normalized spacial score (nSPS) is 10.4. The number of hydrogen-bond acceptors (Lipinski definition) is 5. The van der Waals surface area contributed by atoms with E-state index >= 15 is 0 Å². The minimum absolute atomic E-state index is 0.0320. The number of hydrogen-bond donors (Lipinski definition) is 2. The van der Waals surface area contributed by atoms with E-state index in [1.165, 1.54) is 30.3 Å². The van der Waals surface area contributed by atoms with Gasteiger partial charge in [0.1, 0.15) is 23.7 Å². The van der Waals surface area contributed by atoms with E-state index < -0.39 is 10.9 Å². The third kappa shape index (κ3) is 4.21. The summed E-state index contributed by atoms with van der Waals surface area (Å²) in [7, 11) is 0. The molecular weight excluding hydrogens is 350 g/mol. The molecule has 3 aromatic carbocycles. The van der Waals surface area contributed by atoms with E-state index in [0.717, 1.165) is 16.7 Å². The molecule has 3 rings (SSSR count). The first-order valence-corrected chi connectivity index (χ1v) is 7.97. The van der Waals surface area contributed by atoms with Gasteiger partial charge in [-0.05, 0) is 28.8 Å². The first kappa shape index (κ1) is 17.9. The van der Waals surface area contributed by atoms with Gasteiger partial charge in [-0.25, -0.2) is 4.79 Å². The molecule has 7 heteroatoms. The highest BCUT2D eigenvalue weighted by Crippen LogP contribution is 2.26. The van der Waals surface area contributed by atoms with Crippen LogP contribution in [-0.2, 0) is 6.61 Å². The number of nitro benzene ring substituents is 1. The molecule has 0 saturated carbocycles. The van der Waals surface area contributed by atoms with Crippen LogP contribution in [0.15, 0.2) is 66.7 Å². The van der Waals surface area contributed by atoms with Crippen molar-refractivity contribution >= 4 is 11.7 Å².